The minimum atomic E-state index is -1.12. The molecule has 0 atom stereocenters. The van der Waals surface area contributed by atoms with E-state index >= 15 is 0 Å². The van der Waals surface area contributed by atoms with Gasteiger partial charge in [-0.2, -0.15) is 0 Å². The number of carbonyl (C=O) groups excluding carboxylic acids is 1. The van der Waals surface area contributed by atoms with Crippen LogP contribution in [0.3, 0.4) is 0 Å². The van der Waals surface area contributed by atoms with Crippen molar-refractivity contribution < 1.29 is 19.4 Å². The molecule has 1 aliphatic heterocycles. The smallest absolute Gasteiger partial charge is 0.319 e. The zero-order chi connectivity index (χ0) is 16.6. The number of hydrogen-bond donors (Lipinski definition) is 1. The van der Waals surface area contributed by atoms with E-state index in [1.807, 2.05) is 32.0 Å². The number of benzene rings is 1. The number of carboxylic acids is 1. The number of hydrogen-bond acceptors (Lipinski definition) is 3. The number of ether oxygens (including phenoxy) is 1. The van der Waals surface area contributed by atoms with Crippen LogP contribution in [0.5, 0.6) is 5.75 Å². The second-order valence-electron chi connectivity index (χ2n) is 6.72. The Morgan fingerprint density at radius 2 is 1.74 bits per heavy atom. The predicted molar refractivity (Wildman–Crippen MR) is 85.4 cm³/mol. The van der Waals surface area contributed by atoms with Gasteiger partial charge in [-0.15, -0.1) is 0 Å². The maximum atomic E-state index is 12.4. The molecule has 3 rings (SSSR count). The van der Waals surface area contributed by atoms with Gasteiger partial charge in [0.05, 0.1) is 0 Å². The molecule has 0 unspecified atom stereocenters. The molecular formula is C18H23NO4. The predicted octanol–water partition coefficient (Wildman–Crippen LogP) is 2.54. The first-order chi connectivity index (χ1) is 10.9. The third-order valence-corrected chi connectivity index (χ3v) is 4.99. The van der Waals surface area contributed by atoms with Crippen LogP contribution < -0.4 is 4.74 Å². The molecular weight excluding hydrogens is 294 g/mol. The normalized spacial score (nSPS) is 20.2. The topological polar surface area (TPSA) is 66.8 Å². The van der Waals surface area contributed by atoms with Gasteiger partial charge in [-0.1, -0.05) is 18.2 Å². The van der Waals surface area contributed by atoms with E-state index in [0.29, 0.717) is 25.9 Å². The van der Waals surface area contributed by atoms with Crippen LogP contribution in [0.4, 0.5) is 0 Å². The summed E-state index contributed by atoms with van der Waals surface area (Å²) < 4.78 is 6.14. The van der Waals surface area contributed by atoms with Crippen LogP contribution >= 0.6 is 0 Å². The fraction of sp³-hybridized carbons (Fsp3) is 0.556. The number of carboxylic acid groups (broad SMARTS) is 1. The maximum Gasteiger partial charge on any atom is 0.319 e. The summed E-state index contributed by atoms with van der Waals surface area (Å²) in [5.41, 5.74) is 1.11. The van der Waals surface area contributed by atoms with Gasteiger partial charge in [0, 0.05) is 25.9 Å². The van der Waals surface area contributed by atoms with Crippen LogP contribution in [0.15, 0.2) is 18.2 Å². The average molecular weight is 317 g/mol. The number of aliphatic carboxylic acids is 1. The quantitative estimate of drug-likeness (QED) is 0.867. The summed E-state index contributed by atoms with van der Waals surface area (Å²) in [4.78, 5) is 25.4. The first kappa shape index (κ1) is 15.8. The Bertz CT molecular complexity index is 608. The molecule has 1 aromatic carbocycles. The summed E-state index contributed by atoms with van der Waals surface area (Å²) in [6.07, 6.45) is 2.52. The molecule has 1 aromatic rings. The van der Waals surface area contributed by atoms with Crippen molar-refractivity contribution in [3.8, 4) is 5.75 Å². The van der Waals surface area contributed by atoms with Crippen LogP contribution in [0.2, 0.25) is 0 Å². The fourth-order valence-electron chi connectivity index (χ4n) is 3.28. The van der Waals surface area contributed by atoms with Crippen LogP contribution in [0.25, 0.3) is 0 Å². The standard InChI is InChI=1S/C18H23NO4/c1-12-4-3-5-13(2)15(12)23-14-6-10-19(11-7-14)16(20)18(8-9-18)17(21)22/h3-5,14H,6-11H2,1-2H3,(H,21,22). The largest absolute Gasteiger partial charge is 0.490 e. The van der Waals surface area contributed by atoms with E-state index < -0.39 is 11.4 Å². The summed E-state index contributed by atoms with van der Waals surface area (Å²) in [6, 6.07) is 6.08. The highest BCUT2D eigenvalue weighted by molar-refractivity contribution is 6.04. The average Bonchev–Trinajstić information content (AvgIpc) is 3.33. The van der Waals surface area contributed by atoms with E-state index in [1.54, 1.807) is 4.90 Å². The monoisotopic (exact) mass is 317 g/mol. The Kier molecular flexibility index (Phi) is 4.04. The molecule has 5 heteroatoms. The van der Waals surface area contributed by atoms with Gasteiger partial charge in [-0.25, -0.2) is 0 Å². The second-order valence-corrected chi connectivity index (χ2v) is 6.72. The van der Waals surface area contributed by atoms with E-state index in [0.717, 1.165) is 29.7 Å². The molecule has 2 fully saturated rings. The SMILES string of the molecule is Cc1cccc(C)c1OC1CCN(C(=O)C2(C(=O)O)CC2)CC1. The van der Waals surface area contributed by atoms with Gasteiger partial charge in [0.25, 0.3) is 0 Å². The van der Waals surface area contributed by atoms with Crippen molar-refractivity contribution in [2.75, 3.05) is 13.1 Å². The number of carbonyl (C=O) groups is 2. The van der Waals surface area contributed by atoms with Gasteiger partial charge in [0.15, 0.2) is 0 Å². The van der Waals surface area contributed by atoms with Gasteiger partial charge in [0.1, 0.15) is 17.3 Å². The summed E-state index contributed by atoms with van der Waals surface area (Å²) in [5, 5.41) is 9.24. The molecule has 1 saturated heterocycles. The minimum absolute atomic E-state index is 0.0823. The Hall–Kier alpha value is -2.04. The number of amides is 1. The lowest BCUT2D eigenvalue weighted by molar-refractivity contribution is -0.154. The van der Waals surface area contributed by atoms with Crippen molar-refractivity contribution in [3.63, 3.8) is 0 Å². The van der Waals surface area contributed by atoms with Crippen molar-refractivity contribution in [1.29, 1.82) is 0 Å². The third-order valence-electron chi connectivity index (χ3n) is 4.99. The van der Waals surface area contributed by atoms with Gasteiger partial charge < -0.3 is 14.7 Å². The Labute approximate surface area is 136 Å². The van der Waals surface area contributed by atoms with Crippen molar-refractivity contribution in [1.82, 2.24) is 4.90 Å². The van der Waals surface area contributed by atoms with Gasteiger partial charge in [-0.05, 0) is 37.8 Å². The lowest BCUT2D eigenvalue weighted by Gasteiger charge is -2.34. The molecule has 1 aliphatic carbocycles. The number of para-hydroxylation sites is 1. The fourth-order valence-corrected chi connectivity index (χ4v) is 3.28. The van der Waals surface area contributed by atoms with Gasteiger partial charge >= 0.3 is 5.97 Å². The molecule has 124 valence electrons. The Morgan fingerprint density at radius 3 is 2.22 bits per heavy atom. The van der Waals surface area contributed by atoms with E-state index in [4.69, 9.17) is 4.74 Å². The molecule has 1 amide bonds. The van der Waals surface area contributed by atoms with E-state index in [1.165, 1.54) is 0 Å². The summed E-state index contributed by atoms with van der Waals surface area (Å²) in [5.74, 6) is -0.256. The molecule has 2 aliphatic rings. The number of likely N-dealkylation sites (tertiary alicyclic amines) is 1. The summed E-state index contributed by atoms with van der Waals surface area (Å²) >= 11 is 0. The van der Waals surface area contributed by atoms with Gasteiger partial charge in [-0.3, -0.25) is 9.59 Å². The van der Waals surface area contributed by atoms with Crippen molar-refractivity contribution >= 4 is 11.9 Å². The number of nitrogens with zero attached hydrogens (tertiary/aromatic N) is 1. The minimum Gasteiger partial charge on any atom is -0.490 e. The Balaban J connectivity index is 1.59. The number of piperidine rings is 1. The van der Waals surface area contributed by atoms with Crippen molar-refractivity contribution in [2.24, 2.45) is 5.41 Å². The third kappa shape index (κ3) is 2.92. The molecule has 1 heterocycles. The Morgan fingerprint density at radius 1 is 1.17 bits per heavy atom. The number of rotatable bonds is 4. The highest BCUT2D eigenvalue weighted by atomic mass is 16.5. The maximum absolute atomic E-state index is 12.4. The van der Waals surface area contributed by atoms with E-state index in [-0.39, 0.29) is 12.0 Å². The zero-order valence-electron chi connectivity index (χ0n) is 13.7. The molecule has 5 nitrogen and oxygen atoms in total. The first-order valence-corrected chi connectivity index (χ1v) is 8.20. The molecule has 0 aromatic heterocycles. The van der Waals surface area contributed by atoms with E-state index in [9.17, 15) is 14.7 Å². The zero-order valence-corrected chi connectivity index (χ0v) is 13.7. The van der Waals surface area contributed by atoms with Crippen LogP contribution in [-0.2, 0) is 9.59 Å². The number of aryl methyl sites for hydroxylation is 2. The molecule has 0 bridgehead atoms. The molecule has 1 N–H and O–H groups in total. The van der Waals surface area contributed by atoms with Crippen LogP contribution in [0.1, 0.15) is 36.8 Å². The summed E-state index contributed by atoms with van der Waals surface area (Å²) in [7, 11) is 0. The molecule has 0 spiro atoms. The highest BCUT2D eigenvalue weighted by Crippen LogP contribution is 2.47. The second kappa shape index (κ2) is 5.87. The molecule has 23 heavy (non-hydrogen) atoms. The lowest BCUT2D eigenvalue weighted by Crippen LogP contribution is -2.47. The van der Waals surface area contributed by atoms with Crippen LogP contribution in [0, 0.1) is 19.3 Å². The van der Waals surface area contributed by atoms with Crippen molar-refractivity contribution in [2.45, 2.75) is 45.6 Å². The molecule has 1 saturated carbocycles. The highest BCUT2D eigenvalue weighted by Gasteiger charge is 2.58. The van der Waals surface area contributed by atoms with Crippen molar-refractivity contribution in [3.05, 3.63) is 29.3 Å². The first-order valence-electron chi connectivity index (χ1n) is 8.20. The van der Waals surface area contributed by atoms with E-state index in [2.05, 4.69) is 0 Å². The van der Waals surface area contributed by atoms with Crippen LogP contribution in [-0.4, -0.2) is 41.1 Å². The molecule has 0 radical (unpaired) electrons. The lowest BCUT2D eigenvalue weighted by atomic mass is 10.0. The summed E-state index contributed by atoms with van der Waals surface area (Å²) in [6.45, 7) is 5.21. The van der Waals surface area contributed by atoms with Gasteiger partial charge in [0.2, 0.25) is 5.91 Å².